The zero-order chi connectivity index (χ0) is 14.8. The van der Waals surface area contributed by atoms with E-state index in [0.717, 1.165) is 0 Å². The molecule has 0 fully saturated rings. The van der Waals surface area contributed by atoms with Gasteiger partial charge in [-0.3, -0.25) is 9.63 Å². The van der Waals surface area contributed by atoms with E-state index in [1.54, 1.807) is 25.3 Å². The molecular weight excluding hydrogens is 262 g/mol. The molecule has 6 nitrogen and oxygen atoms in total. The van der Waals surface area contributed by atoms with Crippen LogP contribution in [0.15, 0.2) is 18.2 Å². The van der Waals surface area contributed by atoms with Crippen LogP contribution in [0.5, 0.6) is 11.5 Å². The van der Waals surface area contributed by atoms with E-state index in [0.29, 0.717) is 36.9 Å². The van der Waals surface area contributed by atoms with E-state index >= 15 is 0 Å². The van der Waals surface area contributed by atoms with Crippen molar-refractivity contribution in [2.75, 3.05) is 33.5 Å². The summed E-state index contributed by atoms with van der Waals surface area (Å²) in [6.45, 7) is 5.49. The van der Waals surface area contributed by atoms with Gasteiger partial charge in [-0.2, -0.15) is 0 Å². The van der Waals surface area contributed by atoms with Gasteiger partial charge in [0.1, 0.15) is 0 Å². The van der Waals surface area contributed by atoms with Crippen molar-refractivity contribution in [2.45, 2.75) is 13.8 Å². The second-order valence-electron chi connectivity index (χ2n) is 3.80. The maximum absolute atomic E-state index is 11.9. The molecule has 0 spiro atoms. The minimum absolute atomic E-state index is 0.289. The van der Waals surface area contributed by atoms with Gasteiger partial charge < -0.3 is 14.2 Å². The number of hydrogen-bond donors (Lipinski definition) is 1. The van der Waals surface area contributed by atoms with E-state index in [4.69, 9.17) is 19.0 Å². The van der Waals surface area contributed by atoms with Gasteiger partial charge in [0.15, 0.2) is 11.5 Å². The number of ether oxygens (including phenoxy) is 3. The SMILES string of the molecule is CCOc1ccc(C(=O)NOCCOC)cc1OCC. The molecule has 20 heavy (non-hydrogen) atoms. The van der Waals surface area contributed by atoms with Crippen molar-refractivity contribution in [1.29, 1.82) is 0 Å². The molecule has 0 aliphatic carbocycles. The van der Waals surface area contributed by atoms with E-state index in [9.17, 15) is 4.79 Å². The molecule has 1 rings (SSSR count). The Hall–Kier alpha value is -1.79. The number of hydroxylamine groups is 1. The predicted octanol–water partition coefficient (Wildman–Crippen LogP) is 1.79. The molecule has 112 valence electrons. The van der Waals surface area contributed by atoms with Gasteiger partial charge in [-0.15, -0.1) is 0 Å². The van der Waals surface area contributed by atoms with Crippen LogP contribution >= 0.6 is 0 Å². The van der Waals surface area contributed by atoms with Crippen LogP contribution in [0.3, 0.4) is 0 Å². The van der Waals surface area contributed by atoms with E-state index in [2.05, 4.69) is 5.48 Å². The molecular formula is C14H21NO5. The van der Waals surface area contributed by atoms with E-state index in [-0.39, 0.29) is 12.5 Å². The molecule has 1 N–H and O–H groups in total. The molecule has 1 aromatic rings. The highest BCUT2D eigenvalue weighted by Gasteiger charge is 2.11. The highest BCUT2D eigenvalue weighted by Crippen LogP contribution is 2.28. The van der Waals surface area contributed by atoms with Crippen LogP contribution in [-0.4, -0.2) is 39.4 Å². The summed E-state index contributed by atoms with van der Waals surface area (Å²) in [4.78, 5) is 16.8. The molecule has 0 unspecified atom stereocenters. The maximum Gasteiger partial charge on any atom is 0.274 e. The molecule has 0 heterocycles. The van der Waals surface area contributed by atoms with Gasteiger partial charge >= 0.3 is 0 Å². The van der Waals surface area contributed by atoms with Crippen molar-refractivity contribution >= 4 is 5.91 Å². The monoisotopic (exact) mass is 283 g/mol. The fourth-order valence-electron chi connectivity index (χ4n) is 1.49. The van der Waals surface area contributed by atoms with Gasteiger partial charge in [-0.25, -0.2) is 5.48 Å². The number of carbonyl (C=O) groups excluding carboxylic acids is 1. The van der Waals surface area contributed by atoms with Crippen LogP contribution in [0.2, 0.25) is 0 Å². The van der Waals surface area contributed by atoms with Crippen LogP contribution < -0.4 is 15.0 Å². The molecule has 0 radical (unpaired) electrons. The highest BCUT2D eigenvalue weighted by molar-refractivity contribution is 5.94. The summed E-state index contributed by atoms with van der Waals surface area (Å²) in [5.41, 5.74) is 2.78. The number of carbonyl (C=O) groups is 1. The maximum atomic E-state index is 11.9. The Kier molecular flexibility index (Phi) is 7.46. The Balaban J connectivity index is 2.69. The average Bonchev–Trinajstić information content (AvgIpc) is 2.45. The summed E-state index contributed by atoms with van der Waals surface area (Å²) in [6.07, 6.45) is 0. The summed E-state index contributed by atoms with van der Waals surface area (Å²) in [6, 6.07) is 4.99. The normalized spacial score (nSPS) is 10.2. The summed E-state index contributed by atoms with van der Waals surface area (Å²) in [5, 5.41) is 0. The molecule has 0 atom stereocenters. The molecule has 0 saturated carbocycles. The van der Waals surface area contributed by atoms with Gasteiger partial charge in [-0.05, 0) is 32.0 Å². The van der Waals surface area contributed by atoms with Crippen molar-refractivity contribution in [3.63, 3.8) is 0 Å². The number of amides is 1. The third kappa shape index (κ3) is 5.07. The first-order valence-corrected chi connectivity index (χ1v) is 6.53. The van der Waals surface area contributed by atoms with Gasteiger partial charge in [0, 0.05) is 12.7 Å². The first kappa shape index (κ1) is 16.3. The molecule has 0 saturated heterocycles. The number of rotatable bonds is 9. The minimum Gasteiger partial charge on any atom is -0.490 e. The minimum atomic E-state index is -0.342. The number of hydrogen-bond acceptors (Lipinski definition) is 5. The van der Waals surface area contributed by atoms with Crippen molar-refractivity contribution < 1.29 is 23.8 Å². The Morgan fingerprint density at radius 1 is 1.10 bits per heavy atom. The molecule has 1 amide bonds. The fourth-order valence-corrected chi connectivity index (χ4v) is 1.49. The van der Waals surface area contributed by atoms with E-state index in [1.165, 1.54) is 0 Å². The highest BCUT2D eigenvalue weighted by atomic mass is 16.7. The van der Waals surface area contributed by atoms with E-state index in [1.807, 2.05) is 13.8 Å². The lowest BCUT2D eigenvalue weighted by molar-refractivity contribution is 0.00887. The van der Waals surface area contributed by atoms with Crippen LogP contribution in [-0.2, 0) is 9.57 Å². The Bertz CT molecular complexity index is 422. The van der Waals surface area contributed by atoms with Crippen molar-refractivity contribution in [3.8, 4) is 11.5 Å². The van der Waals surface area contributed by atoms with Gasteiger partial charge in [-0.1, -0.05) is 0 Å². The van der Waals surface area contributed by atoms with Crippen molar-refractivity contribution in [3.05, 3.63) is 23.8 Å². The largest absolute Gasteiger partial charge is 0.490 e. The lowest BCUT2D eigenvalue weighted by atomic mass is 10.2. The lowest BCUT2D eigenvalue weighted by Gasteiger charge is -2.12. The summed E-state index contributed by atoms with van der Waals surface area (Å²) in [7, 11) is 1.56. The smallest absolute Gasteiger partial charge is 0.274 e. The van der Waals surface area contributed by atoms with Crippen LogP contribution in [0.1, 0.15) is 24.2 Å². The third-order valence-electron chi connectivity index (χ3n) is 2.36. The Labute approximate surface area is 118 Å². The van der Waals surface area contributed by atoms with Gasteiger partial charge in [0.2, 0.25) is 0 Å². The molecule has 0 aliphatic heterocycles. The number of benzene rings is 1. The standard InChI is InChI=1S/C14H21NO5/c1-4-18-12-7-6-11(10-13(12)19-5-2)14(16)15-20-9-8-17-3/h6-7,10H,4-5,8-9H2,1-3H3,(H,15,16). The third-order valence-corrected chi connectivity index (χ3v) is 2.36. The van der Waals surface area contributed by atoms with Crippen molar-refractivity contribution in [2.24, 2.45) is 0 Å². The second kappa shape index (κ2) is 9.17. The van der Waals surface area contributed by atoms with Gasteiger partial charge in [0.25, 0.3) is 5.91 Å². The average molecular weight is 283 g/mol. The lowest BCUT2D eigenvalue weighted by Crippen LogP contribution is -2.25. The quantitative estimate of drug-likeness (QED) is 0.553. The van der Waals surface area contributed by atoms with Crippen LogP contribution in [0.25, 0.3) is 0 Å². The summed E-state index contributed by atoms with van der Waals surface area (Å²) in [5.74, 6) is 0.815. The Morgan fingerprint density at radius 3 is 2.45 bits per heavy atom. The van der Waals surface area contributed by atoms with Crippen LogP contribution in [0.4, 0.5) is 0 Å². The molecule has 0 aromatic heterocycles. The zero-order valence-electron chi connectivity index (χ0n) is 12.1. The molecule has 0 bridgehead atoms. The Morgan fingerprint density at radius 2 is 1.80 bits per heavy atom. The fraction of sp³-hybridized carbons (Fsp3) is 0.500. The van der Waals surface area contributed by atoms with Gasteiger partial charge in [0.05, 0.1) is 26.4 Å². The topological polar surface area (TPSA) is 66.0 Å². The first-order valence-electron chi connectivity index (χ1n) is 6.53. The molecule has 0 aliphatic rings. The molecule has 6 heteroatoms. The number of nitrogens with one attached hydrogen (secondary N) is 1. The zero-order valence-corrected chi connectivity index (χ0v) is 12.1. The molecule has 1 aromatic carbocycles. The van der Waals surface area contributed by atoms with Crippen molar-refractivity contribution in [1.82, 2.24) is 5.48 Å². The van der Waals surface area contributed by atoms with Crippen LogP contribution in [0, 0.1) is 0 Å². The number of methoxy groups -OCH3 is 1. The predicted molar refractivity (Wildman–Crippen MR) is 74.1 cm³/mol. The first-order chi connectivity index (χ1) is 9.72. The van der Waals surface area contributed by atoms with E-state index < -0.39 is 0 Å². The second-order valence-corrected chi connectivity index (χ2v) is 3.80. The summed E-state index contributed by atoms with van der Waals surface area (Å²) < 4.78 is 15.7. The summed E-state index contributed by atoms with van der Waals surface area (Å²) >= 11 is 0.